The Kier molecular flexibility index (Phi) is 3.63. The fourth-order valence-corrected chi connectivity index (χ4v) is 1.65. The van der Waals surface area contributed by atoms with Gasteiger partial charge in [-0.05, 0) is 32.0 Å². The molecule has 0 aliphatic carbocycles. The minimum atomic E-state index is -1.04. The monoisotopic (exact) mass is 238 g/mol. The van der Waals surface area contributed by atoms with Crippen molar-refractivity contribution in [1.82, 2.24) is 0 Å². The number of aliphatic hydroxyl groups is 1. The molecule has 5 nitrogen and oxygen atoms in total. The maximum Gasteiger partial charge on any atom is 0.337 e. The lowest BCUT2D eigenvalue weighted by Gasteiger charge is -2.27. The number of nitrogens with two attached hydrogens (primary N) is 1. The van der Waals surface area contributed by atoms with E-state index in [0.717, 1.165) is 5.69 Å². The summed E-state index contributed by atoms with van der Waals surface area (Å²) in [5.74, 6) is -1.04. The van der Waals surface area contributed by atoms with Gasteiger partial charge in [0.05, 0.1) is 11.2 Å². The van der Waals surface area contributed by atoms with Gasteiger partial charge in [0, 0.05) is 25.0 Å². The van der Waals surface area contributed by atoms with E-state index in [1.54, 1.807) is 26.0 Å². The summed E-state index contributed by atoms with van der Waals surface area (Å²) in [6.45, 7) is 3.84. The van der Waals surface area contributed by atoms with Crippen LogP contribution in [0.1, 0.15) is 24.2 Å². The van der Waals surface area contributed by atoms with Crippen LogP contribution in [-0.4, -0.2) is 35.4 Å². The number of carboxylic acid groups (broad SMARTS) is 1. The fourth-order valence-electron chi connectivity index (χ4n) is 1.65. The van der Waals surface area contributed by atoms with E-state index in [1.807, 2.05) is 11.9 Å². The predicted octanol–water partition coefficient (Wildman–Crippen LogP) is 1.17. The molecule has 0 amide bonds. The molecule has 94 valence electrons. The van der Waals surface area contributed by atoms with Gasteiger partial charge in [-0.1, -0.05) is 0 Å². The molecule has 0 aliphatic rings. The summed E-state index contributed by atoms with van der Waals surface area (Å²) in [6.07, 6.45) is 0. The molecule has 0 saturated heterocycles. The Morgan fingerprint density at radius 1 is 1.47 bits per heavy atom. The van der Waals surface area contributed by atoms with Crippen molar-refractivity contribution >= 4 is 17.3 Å². The second-order valence-corrected chi connectivity index (χ2v) is 4.75. The van der Waals surface area contributed by atoms with Crippen LogP contribution >= 0.6 is 0 Å². The van der Waals surface area contributed by atoms with Crippen LogP contribution in [0.15, 0.2) is 18.2 Å². The maximum absolute atomic E-state index is 10.8. The molecule has 17 heavy (non-hydrogen) atoms. The first-order chi connectivity index (χ1) is 7.70. The molecule has 0 aromatic heterocycles. The van der Waals surface area contributed by atoms with Gasteiger partial charge in [-0.15, -0.1) is 0 Å². The number of nitrogens with zero attached hydrogens (tertiary/aromatic N) is 1. The molecule has 0 atom stereocenters. The maximum atomic E-state index is 10.8. The molecular formula is C12H18N2O3. The van der Waals surface area contributed by atoms with E-state index >= 15 is 0 Å². The largest absolute Gasteiger partial charge is 0.478 e. The molecule has 5 heteroatoms. The molecule has 4 N–H and O–H groups in total. The van der Waals surface area contributed by atoms with Crippen molar-refractivity contribution in [2.24, 2.45) is 0 Å². The van der Waals surface area contributed by atoms with Crippen LogP contribution < -0.4 is 10.6 Å². The third-order valence-corrected chi connectivity index (χ3v) is 2.33. The van der Waals surface area contributed by atoms with Crippen molar-refractivity contribution in [3.8, 4) is 0 Å². The standard InChI is InChI=1S/C12H18N2O3/c1-12(2,17)7-14(3)8-4-5-9(11(15)16)10(13)6-8/h4-6,17H,7,13H2,1-3H3,(H,15,16). The summed E-state index contributed by atoms with van der Waals surface area (Å²) in [4.78, 5) is 12.6. The molecule has 0 heterocycles. The number of hydrogen-bond donors (Lipinski definition) is 3. The molecule has 1 rings (SSSR count). The third-order valence-electron chi connectivity index (χ3n) is 2.33. The van der Waals surface area contributed by atoms with Gasteiger partial charge in [0.15, 0.2) is 0 Å². The molecule has 0 bridgehead atoms. The number of carboxylic acids is 1. The average Bonchev–Trinajstić information content (AvgIpc) is 2.14. The molecule has 0 radical (unpaired) electrons. The lowest BCUT2D eigenvalue weighted by atomic mass is 10.1. The van der Waals surface area contributed by atoms with E-state index in [-0.39, 0.29) is 11.3 Å². The molecule has 0 spiro atoms. The Balaban J connectivity index is 2.94. The van der Waals surface area contributed by atoms with Gasteiger partial charge in [-0.2, -0.15) is 0 Å². The van der Waals surface area contributed by atoms with Crippen LogP contribution in [0.25, 0.3) is 0 Å². The highest BCUT2D eigenvalue weighted by Crippen LogP contribution is 2.22. The zero-order valence-electron chi connectivity index (χ0n) is 10.3. The number of likely N-dealkylation sites (N-methyl/N-ethyl adjacent to an activating group) is 1. The normalized spacial score (nSPS) is 11.3. The van der Waals surface area contributed by atoms with Gasteiger partial charge >= 0.3 is 5.97 Å². The van der Waals surface area contributed by atoms with E-state index in [1.165, 1.54) is 6.07 Å². The average molecular weight is 238 g/mol. The predicted molar refractivity (Wildman–Crippen MR) is 67.4 cm³/mol. The van der Waals surface area contributed by atoms with Gasteiger partial charge in [0.1, 0.15) is 0 Å². The van der Waals surface area contributed by atoms with Crippen LogP contribution in [0.5, 0.6) is 0 Å². The highest BCUT2D eigenvalue weighted by atomic mass is 16.4. The topological polar surface area (TPSA) is 86.8 Å². The van der Waals surface area contributed by atoms with Gasteiger partial charge in [-0.3, -0.25) is 0 Å². The zero-order chi connectivity index (χ0) is 13.2. The van der Waals surface area contributed by atoms with E-state index in [2.05, 4.69) is 0 Å². The number of anilines is 2. The lowest BCUT2D eigenvalue weighted by Crippen LogP contribution is -2.36. The van der Waals surface area contributed by atoms with E-state index < -0.39 is 11.6 Å². The Morgan fingerprint density at radius 3 is 2.47 bits per heavy atom. The van der Waals surface area contributed by atoms with Crippen molar-refractivity contribution in [2.45, 2.75) is 19.4 Å². The zero-order valence-corrected chi connectivity index (χ0v) is 10.3. The SMILES string of the molecule is CN(CC(C)(C)O)c1ccc(C(=O)O)c(N)c1. The summed E-state index contributed by atoms with van der Waals surface area (Å²) in [5.41, 5.74) is 5.91. The third kappa shape index (κ3) is 3.64. The van der Waals surface area contributed by atoms with Gasteiger partial charge in [0.25, 0.3) is 0 Å². The van der Waals surface area contributed by atoms with Crippen LogP contribution in [0.4, 0.5) is 11.4 Å². The highest BCUT2D eigenvalue weighted by Gasteiger charge is 2.17. The first-order valence-electron chi connectivity index (χ1n) is 5.27. The molecule has 0 saturated carbocycles. The number of aromatic carboxylic acids is 1. The molecular weight excluding hydrogens is 220 g/mol. The first-order valence-corrected chi connectivity index (χ1v) is 5.27. The minimum absolute atomic E-state index is 0.0883. The molecule has 0 fully saturated rings. The van der Waals surface area contributed by atoms with Crippen molar-refractivity contribution in [2.75, 3.05) is 24.2 Å². The van der Waals surface area contributed by atoms with Crippen LogP contribution in [-0.2, 0) is 0 Å². The number of hydrogen-bond acceptors (Lipinski definition) is 4. The smallest absolute Gasteiger partial charge is 0.337 e. The number of rotatable bonds is 4. The first kappa shape index (κ1) is 13.3. The second-order valence-electron chi connectivity index (χ2n) is 4.75. The fraction of sp³-hybridized carbons (Fsp3) is 0.417. The van der Waals surface area contributed by atoms with Gasteiger partial charge in [-0.25, -0.2) is 4.79 Å². The Labute approximate surface area is 100 Å². The summed E-state index contributed by atoms with van der Waals surface area (Å²) in [6, 6.07) is 4.73. The number of carbonyl (C=O) groups is 1. The molecule has 0 unspecified atom stereocenters. The highest BCUT2D eigenvalue weighted by molar-refractivity contribution is 5.94. The number of benzene rings is 1. The van der Waals surface area contributed by atoms with Crippen LogP contribution in [0, 0.1) is 0 Å². The van der Waals surface area contributed by atoms with Crippen LogP contribution in [0.2, 0.25) is 0 Å². The second kappa shape index (κ2) is 4.63. The summed E-state index contributed by atoms with van der Waals surface area (Å²) in [7, 11) is 1.81. The molecule has 0 aliphatic heterocycles. The van der Waals surface area contributed by atoms with Crippen molar-refractivity contribution in [1.29, 1.82) is 0 Å². The Bertz CT molecular complexity index is 424. The lowest BCUT2D eigenvalue weighted by molar-refractivity contribution is 0.0697. The Morgan fingerprint density at radius 2 is 2.06 bits per heavy atom. The van der Waals surface area contributed by atoms with Crippen molar-refractivity contribution in [3.05, 3.63) is 23.8 Å². The van der Waals surface area contributed by atoms with E-state index in [4.69, 9.17) is 10.8 Å². The van der Waals surface area contributed by atoms with Crippen LogP contribution in [0.3, 0.4) is 0 Å². The van der Waals surface area contributed by atoms with E-state index in [9.17, 15) is 9.90 Å². The summed E-state index contributed by atoms with van der Waals surface area (Å²) >= 11 is 0. The van der Waals surface area contributed by atoms with Crippen molar-refractivity contribution in [3.63, 3.8) is 0 Å². The van der Waals surface area contributed by atoms with Gasteiger partial charge < -0.3 is 20.8 Å². The van der Waals surface area contributed by atoms with Crippen molar-refractivity contribution < 1.29 is 15.0 Å². The quantitative estimate of drug-likeness (QED) is 0.685. The molecule has 1 aromatic carbocycles. The molecule has 1 aromatic rings. The van der Waals surface area contributed by atoms with Gasteiger partial charge in [0.2, 0.25) is 0 Å². The van der Waals surface area contributed by atoms with E-state index in [0.29, 0.717) is 6.54 Å². The summed E-state index contributed by atoms with van der Waals surface area (Å²) in [5, 5.41) is 18.5. The number of nitrogen functional groups attached to an aromatic ring is 1. The Hall–Kier alpha value is -1.75. The summed E-state index contributed by atoms with van der Waals surface area (Å²) < 4.78 is 0. The minimum Gasteiger partial charge on any atom is -0.478 e.